The van der Waals surface area contributed by atoms with Gasteiger partial charge < -0.3 is 0 Å². The third-order valence-corrected chi connectivity index (χ3v) is 4.06. The van der Waals surface area contributed by atoms with Crippen LogP contribution in [-0.4, -0.2) is 0 Å². The van der Waals surface area contributed by atoms with Crippen LogP contribution in [0.1, 0.15) is 49.9 Å². The molecule has 0 aliphatic rings. The van der Waals surface area contributed by atoms with Gasteiger partial charge in [0.1, 0.15) is 0 Å². The average Bonchev–Trinajstić information content (AvgIpc) is 2.46. The molecule has 0 unspecified atom stereocenters. The minimum absolute atomic E-state index is 0.545. The molecule has 2 aromatic heterocycles. The maximum absolute atomic E-state index is 2.31. The molecule has 0 saturated carbocycles. The summed E-state index contributed by atoms with van der Waals surface area (Å²) in [6, 6.07) is 9.79. The summed E-state index contributed by atoms with van der Waals surface area (Å²) >= 11 is 0. The Morgan fingerprint density at radius 2 is 1.00 bits per heavy atom. The molecule has 106 valence electrons. The zero-order valence-electron chi connectivity index (χ0n) is 13.1. The van der Waals surface area contributed by atoms with E-state index in [1.165, 1.54) is 24.0 Å². The van der Waals surface area contributed by atoms with Crippen molar-refractivity contribution in [3.63, 3.8) is 0 Å². The molecular formula is C18H26N2+2. The molecule has 0 radical (unpaired) electrons. The summed E-state index contributed by atoms with van der Waals surface area (Å²) in [5.74, 6) is 0. The maximum atomic E-state index is 2.31. The lowest BCUT2D eigenvalue weighted by molar-refractivity contribution is -0.732. The molecule has 2 heteroatoms. The Balaban J connectivity index is 1.91. The largest absolute Gasteiger partial charge is 0.203 e. The van der Waals surface area contributed by atoms with Crippen LogP contribution in [0.15, 0.2) is 49.1 Å². The van der Waals surface area contributed by atoms with E-state index in [-0.39, 0.29) is 0 Å². The van der Waals surface area contributed by atoms with E-state index in [4.69, 9.17) is 0 Å². The standard InChI is InChI=1S/C18H26N2/c1-15-7-11-19(12-8-15)17(3)5-6-18(4)20-13-9-16(2)10-14-20/h7-14,17-18H,5-6H2,1-4H3/q+2/t17-,18+. The molecular weight excluding hydrogens is 244 g/mol. The van der Waals surface area contributed by atoms with E-state index in [9.17, 15) is 0 Å². The second-order valence-electron chi connectivity index (χ2n) is 5.92. The molecule has 2 nitrogen and oxygen atoms in total. The van der Waals surface area contributed by atoms with Crippen molar-refractivity contribution in [3.05, 3.63) is 60.2 Å². The van der Waals surface area contributed by atoms with E-state index >= 15 is 0 Å². The van der Waals surface area contributed by atoms with Crippen LogP contribution in [-0.2, 0) is 0 Å². The van der Waals surface area contributed by atoms with Crippen LogP contribution >= 0.6 is 0 Å². The quantitative estimate of drug-likeness (QED) is 0.735. The molecule has 0 fully saturated rings. The molecule has 2 atom stereocenters. The van der Waals surface area contributed by atoms with E-state index < -0.39 is 0 Å². The van der Waals surface area contributed by atoms with Gasteiger partial charge in [-0.05, 0) is 38.8 Å². The maximum Gasteiger partial charge on any atom is 0.169 e. The number of hydrogen-bond acceptors (Lipinski definition) is 0. The molecule has 0 N–H and O–H groups in total. The van der Waals surface area contributed by atoms with Gasteiger partial charge >= 0.3 is 0 Å². The third-order valence-electron chi connectivity index (χ3n) is 4.06. The zero-order chi connectivity index (χ0) is 14.5. The highest BCUT2D eigenvalue weighted by Crippen LogP contribution is 2.12. The van der Waals surface area contributed by atoms with Crippen LogP contribution in [0.4, 0.5) is 0 Å². The first-order chi connectivity index (χ1) is 9.56. The van der Waals surface area contributed by atoms with Gasteiger partial charge in [-0.25, -0.2) is 9.13 Å². The van der Waals surface area contributed by atoms with Gasteiger partial charge in [-0.15, -0.1) is 0 Å². The van der Waals surface area contributed by atoms with Crippen molar-refractivity contribution in [2.45, 2.75) is 52.6 Å². The first-order valence-electron chi connectivity index (χ1n) is 7.51. The Morgan fingerprint density at radius 3 is 1.30 bits per heavy atom. The lowest BCUT2D eigenvalue weighted by atomic mass is 10.1. The molecule has 2 aromatic rings. The first-order valence-corrected chi connectivity index (χ1v) is 7.51. The van der Waals surface area contributed by atoms with Crippen molar-refractivity contribution in [2.24, 2.45) is 0 Å². The average molecular weight is 270 g/mol. The van der Waals surface area contributed by atoms with Crippen molar-refractivity contribution in [2.75, 3.05) is 0 Å². The Hall–Kier alpha value is -1.70. The minimum atomic E-state index is 0.545. The van der Waals surface area contributed by atoms with E-state index in [1.54, 1.807) is 0 Å². The van der Waals surface area contributed by atoms with E-state index in [0.717, 1.165) is 0 Å². The van der Waals surface area contributed by atoms with Gasteiger partial charge in [-0.2, -0.15) is 0 Å². The minimum Gasteiger partial charge on any atom is -0.203 e. The second kappa shape index (κ2) is 6.65. The van der Waals surface area contributed by atoms with Crippen molar-refractivity contribution < 1.29 is 9.13 Å². The number of nitrogens with zero attached hydrogens (tertiary/aromatic N) is 2. The third kappa shape index (κ3) is 3.89. The van der Waals surface area contributed by atoms with Gasteiger partial charge in [0.05, 0.1) is 0 Å². The van der Waals surface area contributed by atoms with Crippen molar-refractivity contribution >= 4 is 0 Å². The predicted molar refractivity (Wildman–Crippen MR) is 81.4 cm³/mol. The van der Waals surface area contributed by atoms with Crippen LogP contribution < -0.4 is 9.13 Å². The monoisotopic (exact) mass is 270 g/mol. The van der Waals surface area contributed by atoms with Gasteiger partial charge in [0.2, 0.25) is 0 Å². The van der Waals surface area contributed by atoms with E-state index in [1.807, 2.05) is 0 Å². The summed E-state index contributed by atoms with van der Waals surface area (Å²) in [7, 11) is 0. The molecule has 0 amide bonds. The van der Waals surface area contributed by atoms with Crippen LogP contribution in [0, 0.1) is 13.8 Å². The van der Waals surface area contributed by atoms with Gasteiger partial charge in [-0.3, -0.25) is 0 Å². The lowest BCUT2D eigenvalue weighted by Gasteiger charge is -2.10. The Bertz CT molecular complexity index is 477. The number of aromatic nitrogens is 2. The van der Waals surface area contributed by atoms with E-state index in [0.29, 0.717) is 12.1 Å². The van der Waals surface area contributed by atoms with Crippen molar-refractivity contribution in [1.29, 1.82) is 0 Å². The van der Waals surface area contributed by atoms with Crippen LogP contribution in [0.25, 0.3) is 0 Å². The van der Waals surface area contributed by atoms with Gasteiger partial charge in [0, 0.05) is 37.1 Å². The molecule has 0 saturated heterocycles. The number of aryl methyl sites for hydroxylation is 2. The SMILES string of the molecule is Cc1cc[n+]([C@H](C)CC[C@H](C)[n+]2ccc(C)cc2)cc1. The molecule has 2 rings (SSSR count). The summed E-state index contributed by atoms with van der Waals surface area (Å²) < 4.78 is 4.61. The van der Waals surface area contributed by atoms with Crippen LogP contribution in [0.3, 0.4) is 0 Å². The van der Waals surface area contributed by atoms with Crippen molar-refractivity contribution in [1.82, 2.24) is 0 Å². The lowest BCUT2D eigenvalue weighted by Crippen LogP contribution is -2.40. The Kier molecular flexibility index (Phi) is 4.89. The summed E-state index contributed by atoms with van der Waals surface area (Å²) in [6.45, 7) is 8.85. The fourth-order valence-corrected chi connectivity index (χ4v) is 2.39. The summed E-state index contributed by atoms with van der Waals surface area (Å²) in [5, 5.41) is 0. The van der Waals surface area contributed by atoms with Gasteiger partial charge in [0.25, 0.3) is 0 Å². The zero-order valence-corrected chi connectivity index (χ0v) is 13.1. The smallest absolute Gasteiger partial charge is 0.169 e. The van der Waals surface area contributed by atoms with Crippen LogP contribution in [0.5, 0.6) is 0 Å². The normalized spacial score (nSPS) is 14.0. The Morgan fingerprint density at radius 1 is 0.700 bits per heavy atom. The van der Waals surface area contributed by atoms with Gasteiger partial charge in [-0.1, -0.05) is 0 Å². The number of rotatable bonds is 5. The fraction of sp³-hybridized carbons (Fsp3) is 0.444. The molecule has 0 aliphatic heterocycles. The topological polar surface area (TPSA) is 7.76 Å². The molecule has 20 heavy (non-hydrogen) atoms. The van der Waals surface area contributed by atoms with Crippen molar-refractivity contribution in [3.8, 4) is 0 Å². The number of pyridine rings is 2. The summed E-state index contributed by atoms with van der Waals surface area (Å²) in [4.78, 5) is 0. The highest BCUT2D eigenvalue weighted by Gasteiger charge is 2.17. The summed E-state index contributed by atoms with van der Waals surface area (Å²) in [5.41, 5.74) is 2.63. The Labute approximate surface area is 122 Å². The first kappa shape index (κ1) is 14.7. The van der Waals surface area contributed by atoms with E-state index in [2.05, 4.69) is 85.9 Å². The highest BCUT2D eigenvalue weighted by molar-refractivity contribution is 5.03. The summed E-state index contributed by atoms with van der Waals surface area (Å²) in [6.07, 6.45) is 11.1. The van der Waals surface area contributed by atoms with Gasteiger partial charge in [0.15, 0.2) is 36.9 Å². The predicted octanol–water partition coefficient (Wildman–Crippen LogP) is 3.48. The number of hydrogen-bond donors (Lipinski definition) is 0. The second-order valence-corrected chi connectivity index (χ2v) is 5.92. The molecule has 0 bridgehead atoms. The fourth-order valence-electron chi connectivity index (χ4n) is 2.39. The molecule has 0 spiro atoms. The molecule has 0 aromatic carbocycles. The van der Waals surface area contributed by atoms with Crippen LogP contribution in [0.2, 0.25) is 0 Å². The molecule has 2 heterocycles. The molecule has 0 aliphatic carbocycles. The highest BCUT2D eigenvalue weighted by atomic mass is 15.0.